The standard InChI is InChI=1S/C24H21N5OS/c1-2-16-29-23(21-14-8-9-15-25-21)27-28-24(29)31-17-22(30)26-20-13-7-6-12-19(20)18-10-4-3-5-11-18/h2-15H,1,16-17H2,(H,26,30). The van der Waals surface area contributed by atoms with Gasteiger partial charge in [0.05, 0.1) is 5.75 Å². The molecule has 0 fully saturated rings. The van der Waals surface area contributed by atoms with Gasteiger partial charge in [0.25, 0.3) is 0 Å². The molecular formula is C24H21N5OS. The summed E-state index contributed by atoms with van der Waals surface area (Å²) in [5.41, 5.74) is 3.54. The minimum atomic E-state index is -0.110. The number of rotatable bonds is 8. The fraction of sp³-hybridized carbons (Fsp3) is 0.0833. The fourth-order valence-electron chi connectivity index (χ4n) is 3.15. The highest BCUT2D eigenvalue weighted by Gasteiger charge is 2.16. The van der Waals surface area contributed by atoms with Crippen molar-refractivity contribution in [3.63, 3.8) is 0 Å². The Bertz CT molecular complexity index is 1180. The number of allylic oxidation sites excluding steroid dienone is 1. The summed E-state index contributed by atoms with van der Waals surface area (Å²) < 4.78 is 1.91. The number of nitrogens with zero attached hydrogens (tertiary/aromatic N) is 4. The molecule has 6 nitrogen and oxygen atoms in total. The van der Waals surface area contributed by atoms with E-state index < -0.39 is 0 Å². The van der Waals surface area contributed by atoms with Crippen LogP contribution in [-0.4, -0.2) is 31.4 Å². The van der Waals surface area contributed by atoms with Crippen molar-refractivity contribution < 1.29 is 4.79 Å². The lowest BCUT2D eigenvalue weighted by atomic mass is 10.0. The van der Waals surface area contributed by atoms with Crippen molar-refractivity contribution in [3.8, 4) is 22.6 Å². The molecule has 0 atom stereocenters. The molecule has 0 saturated heterocycles. The van der Waals surface area contributed by atoms with Crippen molar-refractivity contribution in [3.05, 3.63) is 91.6 Å². The van der Waals surface area contributed by atoms with Crippen LogP contribution in [0.15, 0.2) is 96.8 Å². The molecule has 1 amide bonds. The summed E-state index contributed by atoms with van der Waals surface area (Å²) in [6.45, 7) is 4.34. The summed E-state index contributed by atoms with van der Waals surface area (Å²) in [5.74, 6) is 0.749. The van der Waals surface area contributed by atoms with E-state index in [2.05, 4.69) is 27.1 Å². The van der Waals surface area contributed by atoms with E-state index in [0.717, 1.165) is 22.5 Å². The van der Waals surface area contributed by atoms with E-state index in [1.54, 1.807) is 12.3 Å². The van der Waals surface area contributed by atoms with Crippen LogP contribution in [-0.2, 0) is 11.3 Å². The van der Waals surface area contributed by atoms with Crippen LogP contribution in [0.5, 0.6) is 0 Å². The Labute approximate surface area is 185 Å². The van der Waals surface area contributed by atoms with Crippen LogP contribution in [0.1, 0.15) is 0 Å². The van der Waals surface area contributed by atoms with E-state index in [9.17, 15) is 4.79 Å². The van der Waals surface area contributed by atoms with E-state index >= 15 is 0 Å². The number of thioether (sulfide) groups is 1. The van der Waals surface area contributed by atoms with E-state index in [1.807, 2.05) is 77.4 Å². The Hall–Kier alpha value is -3.71. The van der Waals surface area contributed by atoms with Gasteiger partial charge in [-0.3, -0.25) is 14.3 Å². The molecule has 7 heteroatoms. The maximum atomic E-state index is 12.7. The molecule has 4 aromatic rings. The number of aromatic nitrogens is 4. The average Bonchev–Trinajstić information content (AvgIpc) is 3.22. The number of amides is 1. The number of carbonyl (C=O) groups excluding carboxylic acids is 1. The van der Waals surface area contributed by atoms with Crippen molar-refractivity contribution in [2.24, 2.45) is 0 Å². The number of para-hydroxylation sites is 1. The third-order valence-electron chi connectivity index (χ3n) is 4.54. The largest absolute Gasteiger partial charge is 0.325 e. The second-order valence-electron chi connectivity index (χ2n) is 6.67. The van der Waals surface area contributed by atoms with Crippen molar-refractivity contribution >= 4 is 23.4 Å². The molecule has 31 heavy (non-hydrogen) atoms. The molecule has 0 spiro atoms. The van der Waals surface area contributed by atoms with Crippen LogP contribution in [0.2, 0.25) is 0 Å². The highest BCUT2D eigenvalue weighted by Crippen LogP contribution is 2.28. The lowest BCUT2D eigenvalue weighted by Gasteiger charge is -2.11. The normalized spacial score (nSPS) is 10.6. The Kier molecular flexibility index (Phi) is 6.54. The summed E-state index contributed by atoms with van der Waals surface area (Å²) in [6, 6.07) is 23.4. The third kappa shape index (κ3) is 4.90. The Balaban J connectivity index is 1.48. The van der Waals surface area contributed by atoms with Gasteiger partial charge >= 0.3 is 0 Å². The summed E-state index contributed by atoms with van der Waals surface area (Å²) in [7, 11) is 0. The zero-order valence-electron chi connectivity index (χ0n) is 16.8. The molecule has 0 aliphatic rings. The molecule has 0 aliphatic heterocycles. The molecule has 0 saturated carbocycles. The number of nitrogens with one attached hydrogen (secondary N) is 1. The van der Waals surface area contributed by atoms with Crippen LogP contribution < -0.4 is 5.32 Å². The molecule has 154 valence electrons. The second-order valence-corrected chi connectivity index (χ2v) is 7.61. The molecular weight excluding hydrogens is 406 g/mol. The van der Waals surface area contributed by atoms with Crippen molar-refractivity contribution in [2.75, 3.05) is 11.1 Å². The van der Waals surface area contributed by atoms with Gasteiger partial charge in [0.15, 0.2) is 11.0 Å². The molecule has 2 aromatic heterocycles. The van der Waals surface area contributed by atoms with E-state index in [4.69, 9.17) is 0 Å². The molecule has 0 aliphatic carbocycles. The first-order valence-corrected chi connectivity index (χ1v) is 10.8. The van der Waals surface area contributed by atoms with Crippen LogP contribution in [0, 0.1) is 0 Å². The minimum absolute atomic E-state index is 0.110. The van der Waals surface area contributed by atoms with Crippen LogP contribution in [0.3, 0.4) is 0 Å². The highest BCUT2D eigenvalue weighted by molar-refractivity contribution is 7.99. The van der Waals surface area contributed by atoms with Crippen LogP contribution in [0.4, 0.5) is 5.69 Å². The van der Waals surface area contributed by atoms with E-state index in [0.29, 0.717) is 17.5 Å². The molecule has 2 aromatic carbocycles. The molecule has 1 N–H and O–H groups in total. The van der Waals surface area contributed by atoms with Gasteiger partial charge in [0.2, 0.25) is 5.91 Å². The third-order valence-corrected chi connectivity index (χ3v) is 5.51. The van der Waals surface area contributed by atoms with Gasteiger partial charge in [-0.15, -0.1) is 16.8 Å². The zero-order valence-corrected chi connectivity index (χ0v) is 17.6. The van der Waals surface area contributed by atoms with Crippen LogP contribution >= 0.6 is 11.8 Å². The predicted molar refractivity (Wildman–Crippen MR) is 125 cm³/mol. The number of benzene rings is 2. The smallest absolute Gasteiger partial charge is 0.234 e. The Morgan fingerprint density at radius 2 is 1.77 bits per heavy atom. The van der Waals surface area contributed by atoms with E-state index in [-0.39, 0.29) is 11.7 Å². The molecule has 0 bridgehead atoms. The Morgan fingerprint density at radius 1 is 1.00 bits per heavy atom. The van der Waals surface area contributed by atoms with Gasteiger partial charge in [-0.25, -0.2) is 0 Å². The van der Waals surface area contributed by atoms with Crippen molar-refractivity contribution in [1.29, 1.82) is 0 Å². The summed E-state index contributed by atoms with van der Waals surface area (Å²) >= 11 is 1.33. The summed E-state index contributed by atoms with van der Waals surface area (Å²) in [5, 5.41) is 12.2. The first-order chi connectivity index (χ1) is 15.3. The van der Waals surface area contributed by atoms with Gasteiger partial charge in [-0.05, 0) is 23.8 Å². The lowest BCUT2D eigenvalue weighted by Crippen LogP contribution is -2.15. The monoisotopic (exact) mass is 427 g/mol. The van der Waals surface area contributed by atoms with E-state index in [1.165, 1.54) is 11.8 Å². The van der Waals surface area contributed by atoms with Gasteiger partial charge in [-0.2, -0.15) is 0 Å². The Morgan fingerprint density at radius 3 is 2.55 bits per heavy atom. The van der Waals surface area contributed by atoms with Crippen molar-refractivity contribution in [2.45, 2.75) is 11.7 Å². The molecule has 0 radical (unpaired) electrons. The highest BCUT2D eigenvalue weighted by atomic mass is 32.2. The fourth-order valence-corrected chi connectivity index (χ4v) is 3.90. The zero-order chi connectivity index (χ0) is 21.5. The average molecular weight is 428 g/mol. The van der Waals surface area contributed by atoms with Gasteiger partial charge in [0, 0.05) is 24.0 Å². The first-order valence-electron chi connectivity index (χ1n) is 9.79. The summed E-state index contributed by atoms with van der Waals surface area (Å²) in [4.78, 5) is 17.0. The maximum absolute atomic E-state index is 12.7. The molecule has 0 unspecified atom stereocenters. The van der Waals surface area contributed by atoms with Crippen molar-refractivity contribution in [1.82, 2.24) is 19.7 Å². The number of hydrogen-bond acceptors (Lipinski definition) is 5. The lowest BCUT2D eigenvalue weighted by molar-refractivity contribution is -0.113. The number of hydrogen-bond donors (Lipinski definition) is 1. The number of pyridine rings is 1. The van der Waals surface area contributed by atoms with Gasteiger partial charge in [-0.1, -0.05) is 72.4 Å². The molecule has 2 heterocycles. The minimum Gasteiger partial charge on any atom is -0.325 e. The molecule has 4 rings (SSSR count). The predicted octanol–water partition coefficient (Wildman–Crippen LogP) is 4.92. The number of anilines is 1. The topological polar surface area (TPSA) is 72.7 Å². The van der Waals surface area contributed by atoms with Crippen LogP contribution in [0.25, 0.3) is 22.6 Å². The maximum Gasteiger partial charge on any atom is 0.234 e. The van der Waals surface area contributed by atoms with Gasteiger partial charge in [0.1, 0.15) is 5.69 Å². The van der Waals surface area contributed by atoms with Gasteiger partial charge < -0.3 is 5.32 Å². The summed E-state index contributed by atoms with van der Waals surface area (Å²) in [6.07, 6.45) is 3.49. The second kappa shape index (κ2) is 9.86. The quantitative estimate of drug-likeness (QED) is 0.319. The number of carbonyl (C=O) groups is 1. The SMILES string of the molecule is C=CCn1c(SCC(=O)Nc2ccccc2-c2ccccc2)nnc1-c1ccccn1. The first kappa shape index (κ1) is 20.6.